The number of hydrogen-bond donors (Lipinski definition) is 0. The maximum Gasteiger partial charge on any atom is 0.0232 e. The van der Waals surface area contributed by atoms with Crippen molar-refractivity contribution in [2.75, 3.05) is 12.0 Å². The summed E-state index contributed by atoms with van der Waals surface area (Å²) in [5.74, 6) is 1.87. The minimum atomic E-state index is -0.570. The molecule has 0 aromatic rings. The second-order valence-corrected chi connectivity index (χ2v) is 5.48. The van der Waals surface area contributed by atoms with Gasteiger partial charge in [-0.3, -0.25) is 4.21 Å². The first-order valence-electron chi connectivity index (χ1n) is 5.09. The highest BCUT2D eigenvalue weighted by molar-refractivity contribution is 7.84. The van der Waals surface area contributed by atoms with Crippen molar-refractivity contribution in [1.29, 1.82) is 0 Å². The Balaban J connectivity index is 2.01. The Morgan fingerprint density at radius 1 is 1.25 bits per heavy atom. The lowest BCUT2D eigenvalue weighted by Gasteiger charge is -2.20. The van der Waals surface area contributed by atoms with Crippen LogP contribution in [0.3, 0.4) is 0 Å². The molecule has 0 aromatic carbocycles. The molecule has 72 valence electrons. The normalized spacial score (nSPS) is 22.4. The highest BCUT2D eigenvalue weighted by Crippen LogP contribution is 2.27. The van der Waals surface area contributed by atoms with E-state index < -0.39 is 10.8 Å². The minimum absolute atomic E-state index is 0.570. The lowest BCUT2D eigenvalue weighted by Crippen LogP contribution is -2.07. The zero-order valence-corrected chi connectivity index (χ0v) is 8.87. The molecular weight excluding hydrogens is 168 g/mol. The molecule has 1 nitrogen and oxygen atoms in total. The molecule has 1 fully saturated rings. The summed E-state index contributed by atoms with van der Waals surface area (Å²) in [6.07, 6.45) is 11.5. The fraction of sp³-hybridized carbons (Fsp3) is 1.00. The molecule has 0 N–H and O–H groups in total. The smallest absolute Gasteiger partial charge is 0.0232 e. The van der Waals surface area contributed by atoms with Crippen molar-refractivity contribution < 1.29 is 4.21 Å². The monoisotopic (exact) mass is 188 g/mol. The third-order valence-electron chi connectivity index (χ3n) is 2.77. The van der Waals surface area contributed by atoms with Crippen LogP contribution in [0.15, 0.2) is 0 Å². The molecular formula is C10H20OS. The van der Waals surface area contributed by atoms with Crippen LogP contribution in [0.25, 0.3) is 0 Å². The van der Waals surface area contributed by atoms with Crippen molar-refractivity contribution in [1.82, 2.24) is 0 Å². The van der Waals surface area contributed by atoms with E-state index in [4.69, 9.17) is 0 Å². The van der Waals surface area contributed by atoms with E-state index in [0.717, 1.165) is 11.7 Å². The first-order chi connectivity index (χ1) is 5.79. The molecule has 1 aliphatic carbocycles. The van der Waals surface area contributed by atoms with E-state index in [-0.39, 0.29) is 0 Å². The zero-order valence-electron chi connectivity index (χ0n) is 8.05. The molecule has 0 radical (unpaired) electrons. The van der Waals surface area contributed by atoms with E-state index in [1.807, 2.05) is 0 Å². The van der Waals surface area contributed by atoms with Gasteiger partial charge in [0.2, 0.25) is 0 Å². The standard InChI is InChI=1S/C10H20OS/c1-12(11)9-5-8-10-6-3-2-4-7-10/h10H,2-9H2,1H3. The highest BCUT2D eigenvalue weighted by atomic mass is 32.2. The molecule has 0 bridgehead atoms. The van der Waals surface area contributed by atoms with Gasteiger partial charge in [0.15, 0.2) is 0 Å². The van der Waals surface area contributed by atoms with E-state index in [1.165, 1.54) is 44.9 Å². The van der Waals surface area contributed by atoms with Gasteiger partial charge in [-0.15, -0.1) is 0 Å². The van der Waals surface area contributed by atoms with Crippen molar-refractivity contribution in [2.45, 2.75) is 44.9 Å². The molecule has 1 saturated carbocycles. The Labute approximate surface area is 78.4 Å². The molecule has 0 spiro atoms. The third kappa shape index (κ3) is 4.24. The van der Waals surface area contributed by atoms with E-state index >= 15 is 0 Å². The largest absolute Gasteiger partial charge is 0.260 e. The van der Waals surface area contributed by atoms with Gasteiger partial charge in [-0.05, 0) is 18.8 Å². The molecule has 2 heteroatoms. The molecule has 0 amide bonds. The van der Waals surface area contributed by atoms with Crippen molar-refractivity contribution in [3.63, 3.8) is 0 Å². The van der Waals surface area contributed by atoms with Crippen LogP contribution in [0.4, 0.5) is 0 Å². The molecule has 1 rings (SSSR count). The van der Waals surface area contributed by atoms with E-state index in [9.17, 15) is 4.21 Å². The summed E-state index contributed by atoms with van der Waals surface area (Å²) in [7, 11) is -0.570. The SMILES string of the molecule is CS(=O)CCCC1CCCCC1. The van der Waals surface area contributed by atoms with E-state index in [1.54, 1.807) is 6.26 Å². The Hall–Kier alpha value is 0.150. The summed E-state index contributed by atoms with van der Waals surface area (Å²) in [6.45, 7) is 0. The van der Waals surface area contributed by atoms with Gasteiger partial charge in [0.05, 0.1) is 0 Å². The van der Waals surface area contributed by atoms with Gasteiger partial charge < -0.3 is 0 Å². The van der Waals surface area contributed by atoms with Gasteiger partial charge in [0, 0.05) is 22.8 Å². The van der Waals surface area contributed by atoms with Crippen molar-refractivity contribution in [3.8, 4) is 0 Å². The predicted octanol–water partition coefficient (Wildman–Crippen LogP) is 2.73. The van der Waals surface area contributed by atoms with Crippen molar-refractivity contribution in [2.24, 2.45) is 5.92 Å². The Kier molecular flexibility index (Phi) is 4.89. The van der Waals surface area contributed by atoms with Crippen LogP contribution in [0, 0.1) is 5.92 Å². The molecule has 12 heavy (non-hydrogen) atoms. The van der Waals surface area contributed by atoms with Crippen molar-refractivity contribution in [3.05, 3.63) is 0 Å². The molecule has 0 saturated heterocycles. The summed E-state index contributed by atoms with van der Waals surface area (Å²) in [4.78, 5) is 0. The van der Waals surface area contributed by atoms with Crippen molar-refractivity contribution >= 4 is 10.8 Å². The van der Waals surface area contributed by atoms with Gasteiger partial charge >= 0.3 is 0 Å². The van der Waals surface area contributed by atoms with Gasteiger partial charge in [-0.2, -0.15) is 0 Å². The van der Waals surface area contributed by atoms with Gasteiger partial charge in [-0.1, -0.05) is 32.1 Å². The second kappa shape index (κ2) is 5.74. The van der Waals surface area contributed by atoms with Crippen LogP contribution in [-0.4, -0.2) is 16.2 Å². The average Bonchev–Trinajstić information content (AvgIpc) is 2.05. The van der Waals surface area contributed by atoms with Gasteiger partial charge in [0.25, 0.3) is 0 Å². The molecule has 0 heterocycles. The summed E-state index contributed by atoms with van der Waals surface area (Å²) >= 11 is 0. The Bertz CT molecular complexity index is 139. The van der Waals surface area contributed by atoms with Crippen LogP contribution in [0.1, 0.15) is 44.9 Å². The van der Waals surface area contributed by atoms with Crippen LogP contribution < -0.4 is 0 Å². The first kappa shape index (κ1) is 10.2. The zero-order chi connectivity index (χ0) is 8.81. The fourth-order valence-corrected chi connectivity index (χ4v) is 2.62. The summed E-state index contributed by atoms with van der Waals surface area (Å²) in [5.41, 5.74) is 0. The quantitative estimate of drug-likeness (QED) is 0.663. The Morgan fingerprint density at radius 3 is 2.50 bits per heavy atom. The molecule has 1 atom stereocenters. The maximum absolute atomic E-state index is 10.8. The fourth-order valence-electron chi connectivity index (χ4n) is 2.05. The lowest BCUT2D eigenvalue weighted by atomic mass is 9.86. The second-order valence-electron chi connectivity index (χ2n) is 3.92. The van der Waals surface area contributed by atoms with Crippen LogP contribution in [0.2, 0.25) is 0 Å². The van der Waals surface area contributed by atoms with E-state index in [0.29, 0.717) is 0 Å². The molecule has 1 aliphatic rings. The van der Waals surface area contributed by atoms with E-state index in [2.05, 4.69) is 0 Å². The summed E-state index contributed by atoms with van der Waals surface area (Å²) in [6, 6.07) is 0. The predicted molar refractivity (Wildman–Crippen MR) is 54.7 cm³/mol. The lowest BCUT2D eigenvalue weighted by molar-refractivity contribution is 0.337. The van der Waals surface area contributed by atoms with Crippen LogP contribution in [-0.2, 0) is 10.8 Å². The molecule has 1 unspecified atom stereocenters. The summed E-state index contributed by atoms with van der Waals surface area (Å²) < 4.78 is 10.8. The van der Waals surface area contributed by atoms with Crippen LogP contribution >= 0.6 is 0 Å². The number of rotatable bonds is 4. The van der Waals surface area contributed by atoms with Crippen LogP contribution in [0.5, 0.6) is 0 Å². The Morgan fingerprint density at radius 2 is 1.92 bits per heavy atom. The summed E-state index contributed by atoms with van der Waals surface area (Å²) in [5, 5.41) is 0. The molecule has 0 aromatic heterocycles. The van der Waals surface area contributed by atoms with Gasteiger partial charge in [0.1, 0.15) is 0 Å². The number of hydrogen-bond acceptors (Lipinski definition) is 1. The third-order valence-corrected chi connectivity index (χ3v) is 3.63. The topological polar surface area (TPSA) is 17.1 Å². The minimum Gasteiger partial charge on any atom is -0.260 e. The molecule has 0 aliphatic heterocycles. The average molecular weight is 188 g/mol. The maximum atomic E-state index is 10.8. The van der Waals surface area contributed by atoms with Gasteiger partial charge in [-0.25, -0.2) is 0 Å². The first-order valence-corrected chi connectivity index (χ1v) is 6.82. The highest BCUT2D eigenvalue weighted by Gasteiger charge is 2.12.